The Morgan fingerprint density at radius 2 is 1.73 bits per heavy atom. The van der Waals surface area contributed by atoms with Gasteiger partial charge in [0.1, 0.15) is 5.82 Å². The standard InChI is InChI=1S/C29H38N8O4/c1-17(2)37-25-18(3)16-36(22-13-10-20(15-30-22)27(39)34(4)5)28(40)23(25)24(33-37)26(38)31-14-19-8-11-21(12-9-19)32-29(41)35(6)7/h8-13,15,17-18,28,40H,14,16H2,1-7H3,(H,31,38)(H,32,41)/t18-,28+/m0/s1. The molecule has 1 aliphatic rings. The summed E-state index contributed by atoms with van der Waals surface area (Å²) in [5.74, 6) is -0.127. The van der Waals surface area contributed by atoms with Gasteiger partial charge in [0.15, 0.2) is 11.9 Å². The minimum Gasteiger partial charge on any atom is -0.369 e. The summed E-state index contributed by atoms with van der Waals surface area (Å²) in [5, 5.41) is 21.9. The number of fused-ring (bicyclic) bond motifs is 1. The quantitative estimate of drug-likeness (QED) is 0.402. The van der Waals surface area contributed by atoms with E-state index in [4.69, 9.17) is 0 Å². The summed E-state index contributed by atoms with van der Waals surface area (Å²) in [6, 6.07) is 10.3. The molecule has 0 radical (unpaired) electrons. The topological polar surface area (TPSA) is 136 Å². The van der Waals surface area contributed by atoms with Gasteiger partial charge in [0.05, 0.1) is 16.8 Å². The molecule has 2 atom stereocenters. The van der Waals surface area contributed by atoms with E-state index in [1.807, 2.05) is 37.6 Å². The molecule has 12 heteroatoms. The van der Waals surface area contributed by atoms with Gasteiger partial charge >= 0.3 is 6.03 Å². The maximum absolute atomic E-state index is 13.5. The molecule has 3 heterocycles. The van der Waals surface area contributed by atoms with Crippen molar-refractivity contribution in [1.29, 1.82) is 0 Å². The number of aliphatic hydroxyl groups excluding tert-OH is 1. The molecule has 0 unspecified atom stereocenters. The Bertz CT molecular complexity index is 1410. The predicted molar refractivity (Wildman–Crippen MR) is 156 cm³/mol. The zero-order chi connectivity index (χ0) is 30.0. The SMILES string of the molecule is CC(C)n1nc(C(=O)NCc2ccc(NC(=O)N(C)C)cc2)c2c1[C@@H](C)CN(c1ccc(C(=O)N(C)C)cn1)[C@@H]2O. The molecule has 0 aliphatic carbocycles. The largest absolute Gasteiger partial charge is 0.369 e. The Hall–Kier alpha value is -4.45. The molecular formula is C29H38N8O4. The third-order valence-electron chi connectivity index (χ3n) is 6.94. The number of aliphatic hydroxyl groups is 1. The highest BCUT2D eigenvalue weighted by molar-refractivity contribution is 5.95. The second-order valence-electron chi connectivity index (χ2n) is 10.9. The summed E-state index contributed by atoms with van der Waals surface area (Å²) in [5.41, 5.74) is 3.35. The number of rotatable bonds is 7. The minimum absolute atomic E-state index is 0.0223. The Morgan fingerprint density at radius 1 is 1.05 bits per heavy atom. The average Bonchev–Trinajstić information content (AvgIpc) is 3.36. The van der Waals surface area contributed by atoms with Crippen LogP contribution < -0.4 is 15.5 Å². The molecule has 218 valence electrons. The van der Waals surface area contributed by atoms with Crippen LogP contribution in [0.5, 0.6) is 0 Å². The number of pyridine rings is 1. The number of hydrogen-bond acceptors (Lipinski definition) is 7. The number of carbonyl (C=O) groups is 3. The van der Waals surface area contributed by atoms with E-state index in [0.717, 1.165) is 11.3 Å². The highest BCUT2D eigenvalue weighted by Crippen LogP contribution is 2.39. The highest BCUT2D eigenvalue weighted by atomic mass is 16.3. The van der Waals surface area contributed by atoms with Gasteiger partial charge in [-0.15, -0.1) is 0 Å². The fourth-order valence-corrected chi connectivity index (χ4v) is 4.77. The van der Waals surface area contributed by atoms with Crippen molar-refractivity contribution < 1.29 is 19.5 Å². The Morgan fingerprint density at radius 3 is 2.29 bits per heavy atom. The number of urea groups is 1. The third-order valence-corrected chi connectivity index (χ3v) is 6.94. The molecule has 4 amide bonds. The van der Waals surface area contributed by atoms with Gasteiger partial charge in [-0.2, -0.15) is 5.10 Å². The van der Waals surface area contributed by atoms with Gasteiger partial charge in [-0.1, -0.05) is 19.1 Å². The summed E-state index contributed by atoms with van der Waals surface area (Å²) >= 11 is 0. The first-order valence-electron chi connectivity index (χ1n) is 13.5. The maximum Gasteiger partial charge on any atom is 0.321 e. The second kappa shape index (κ2) is 12.0. The molecular weight excluding hydrogens is 524 g/mol. The molecule has 0 spiro atoms. The van der Waals surface area contributed by atoms with E-state index in [0.29, 0.717) is 29.2 Å². The lowest BCUT2D eigenvalue weighted by molar-refractivity contribution is 0.0826. The molecule has 41 heavy (non-hydrogen) atoms. The Labute approximate surface area is 239 Å². The summed E-state index contributed by atoms with van der Waals surface area (Å²) in [6.07, 6.45) is 0.337. The van der Waals surface area contributed by atoms with Gasteiger partial charge in [-0.3, -0.25) is 14.3 Å². The van der Waals surface area contributed by atoms with Crippen LogP contribution in [0.2, 0.25) is 0 Å². The van der Waals surface area contributed by atoms with Gasteiger partial charge in [0.25, 0.3) is 11.8 Å². The monoisotopic (exact) mass is 562 g/mol. The number of anilines is 2. The van der Waals surface area contributed by atoms with Crippen LogP contribution in [0.4, 0.5) is 16.3 Å². The predicted octanol–water partition coefficient (Wildman–Crippen LogP) is 3.20. The number of benzene rings is 1. The number of hydrogen-bond donors (Lipinski definition) is 3. The number of nitrogens with zero attached hydrogens (tertiary/aromatic N) is 6. The second-order valence-corrected chi connectivity index (χ2v) is 10.9. The highest BCUT2D eigenvalue weighted by Gasteiger charge is 2.39. The number of nitrogens with one attached hydrogen (secondary N) is 2. The zero-order valence-corrected chi connectivity index (χ0v) is 24.5. The first kappa shape index (κ1) is 29.5. The van der Waals surface area contributed by atoms with Gasteiger partial charge in [0, 0.05) is 65.1 Å². The van der Waals surface area contributed by atoms with Gasteiger partial charge in [0.2, 0.25) is 0 Å². The van der Waals surface area contributed by atoms with Crippen molar-refractivity contribution in [1.82, 2.24) is 29.9 Å². The van der Waals surface area contributed by atoms with Crippen molar-refractivity contribution in [2.24, 2.45) is 0 Å². The smallest absolute Gasteiger partial charge is 0.321 e. The molecule has 1 aromatic carbocycles. The fraction of sp³-hybridized carbons (Fsp3) is 0.414. The van der Waals surface area contributed by atoms with Gasteiger partial charge in [-0.05, 0) is 43.7 Å². The van der Waals surface area contributed by atoms with Gasteiger partial charge in [-0.25, -0.2) is 9.78 Å². The van der Waals surface area contributed by atoms with Crippen molar-refractivity contribution in [3.8, 4) is 0 Å². The first-order valence-corrected chi connectivity index (χ1v) is 13.5. The molecule has 0 fully saturated rings. The van der Waals surface area contributed by atoms with Crippen LogP contribution in [0.1, 0.15) is 76.6 Å². The molecule has 0 saturated carbocycles. The summed E-state index contributed by atoms with van der Waals surface area (Å²) in [6.45, 7) is 6.69. The molecule has 3 aromatic rings. The van der Waals surface area contributed by atoms with E-state index < -0.39 is 12.1 Å². The van der Waals surface area contributed by atoms with E-state index in [9.17, 15) is 19.5 Å². The number of amides is 4. The molecule has 12 nitrogen and oxygen atoms in total. The first-order chi connectivity index (χ1) is 19.4. The summed E-state index contributed by atoms with van der Waals surface area (Å²) < 4.78 is 1.81. The lowest BCUT2D eigenvalue weighted by Crippen LogP contribution is -2.39. The van der Waals surface area contributed by atoms with Crippen LogP contribution in [-0.4, -0.2) is 82.3 Å². The Balaban J connectivity index is 1.57. The van der Waals surface area contributed by atoms with E-state index in [2.05, 4.69) is 20.7 Å². The van der Waals surface area contributed by atoms with E-state index >= 15 is 0 Å². The van der Waals surface area contributed by atoms with Crippen LogP contribution in [0.3, 0.4) is 0 Å². The van der Waals surface area contributed by atoms with Crippen LogP contribution in [0.25, 0.3) is 0 Å². The van der Waals surface area contributed by atoms with Crippen molar-refractivity contribution in [2.75, 3.05) is 45.0 Å². The van der Waals surface area contributed by atoms with Crippen LogP contribution in [0.15, 0.2) is 42.6 Å². The molecule has 4 rings (SSSR count). The fourth-order valence-electron chi connectivity index (χ4n) is 4.77. The number of carbonyl (C=O) groups excluding carboxylic acids is 3. The van der Waals surface area contributed by atoms with E-state index in [1.165, 1.54) is 16.0 Å². The van der Waals surface area contributed by atoms with E-state index in [-0.39, 0.29) is 36.1 Å². The van der Waals surface area contributed by atoms with Crippen molar-refractivity contribution in [3.05, 3.63) is 70.7 Å². The van der Waals surface area contributed by atoms with Crippen molar-refractivity contribution in [2.45, 2.75) is 45.5 Å². The molecule has 0 bridgehead atoms. The van der Waals surface area contributed by atoms with Crippen molar-refractivity contribution >= 4 is 29.4 Å². The molecule has 3 N–H and O–H groups in total. The maximum atomic E-state index is 13.5. The van der Waals surface area contributed by atoms with Crippen LogP contribution in [0, 0.1) is 0 Å². The molecule has 2 aromatic heterocycles. The van der Waals surface area contributed by atoms with Crippen LogP contribution in [-0.2, 0) is 6.54 Å². The van der Waals surface area contributed by atoms with Crippen LogP contribution >= 0.6 is 0 Å². The van der Waals surface area contributed by atoms with Gasteiger partial charge < -0.3 is 30.4 Å². The molecule has 1 aliphatic heterocycles. The normalized spacial score (nSPS) is 16.3. The summed E-state index contributed by atoms with van der Waals surface area (Å²) in [7, 11) is 6.67. The lowest BCUT2D eigenvalue weighted by Gasteiger charge is -2.37. The van der Waals surface area contributed by atoms with E-state index in [1.54, 1.807) is 57.4 Å². The third kappa shape index (κ3) is 6.17. The number of aromatic nitrogens is 3. The lowest BCUT2D eigenvalue weighted by atomic mass is 9.94. The molecule has 0 saturated heterocycles. The minimum atomic E-state index is -1.16. The van der Waals surface area contributed by atoms with Crippen molar-refractivity contribution in [3.63, 3.8) is 0 Å². The summed E-state index contributed by atoms with van der Waals surface area (Å²) in [4.78, 5) is 46.7. The Kier molecular flexibility index (Phi) is 8.62. The zero-order valence-electron chi connectivity index (χ0n) is 24.5. The average molecular weight is 563 g/mol.